The van der Waals surface area contributed by atoms with E-state index in [9.17, 15) is 4.79 Å². The van der Waals surface area contributed by atoms with Crippen molar-refractivity contribution in [3.8, 4) is 11.5 Å². The van der Waals surface area contributed by atoms with Gasteiger partial charge in [-0.1, -0.05) is 42.5 Å². The zero-order valence-corrected chi connectivity index (χ0v) is 14.4. The molecule has 0 saturated heterocycles. The Kier molecular flexibility index (Phi) is 4.41. The van der Waals surface area contributed by atoms with Gasteiger partial charge in [0, 0.05) is 17.0 Å². The zero-order chi connectivity index (χ0) is 18.6. The Morgan fingerprint density at radius 2 is 1.74 bits per heavy atom. The Bertz CT molecular complexity index is 1130. The second-order valence-corrected chi connectivity index (χ2v) is 6.05. The first-order chi connectivity index (χ1) is 13.2. The van der Waals surface area contributed by atoms with Crippen LogP contribution in [0.2, 0.25) is 0 Å². The van der Waals surface area contributed by atoms with Crippen LogP contribution < -0.4 is 10.5 Å². The maximum Gasteiger partial charge on any atom is 0.248 e. The Hall–Kier alpha value is -3.86. The van der Waals surface area contributed by atoms with Crippen molar-refractivity contribution in [2.24, 2.45) is 5.73 Å². The molecule has 4 rings (SSSR count). The molecular weight excluding hydrogens is 338 g/mol. The monoisotopic (exact) mass is 355 g/mol. The van der Waals surface area contributed by atoms with Gasteiger partial charge in [-0.25, -0.2) is 0 Å². The number of carbonyl (C=O) groups excluding carboxylic acids is 1. The summed E-state index contributed by atoms with van der Waals surface area (Å²) in [6.45, 7) is 0. The number of primary amides is 1. The topological polar surface area (TPSA) is 81.0 Å². The smallest absolute Gasteiger partial charge is 0.248 e. The number of hydrogen-bond donors (Lipinski definition) is 2. The number of aromatic nitrogens is 2. The summed E-state index contributed by atoms with van der Waals surface area (Å²) in [5, 5.41) is 8.39. The van der Waals surface area contributed by atoms with Crippen LogP contribution in [0.25, 0.3) is 23.1 Å². The highest BCUT2D eigenvalue weighted by molar-refractivity contribution is 5.93. The normalized spacial score (nSPS) is 11.1. The van der Waals surface area contributed by atoms with Crippen molar-refractivity contribution in [2.75, 3.05) is 0 Å². The number of benzene rings is 3. The molecule has 0 aliphatic rings. The molecule has 132 valence electrons. The summed E-state index contributed by atoms with van der Waals surface area (Å²) >= 11 is 0. The molecule has 3 aromatic carbocycles. The number of ether oxygens (including phenoxy) is 1. The van der Waals surface area contributed by atoms with E-state index in [1.807, 2.05) is 60.7 Å². The first-order valence-electron chi connectivity index (χ1n) is 8.48. The molecular formula is C22H17N3O2. The molecule has 0 spiro atoms. The first-order valence-corrected chi connectivity index (χ1v) is 8.48. The van der Waals surface area contributed by atoms with Crippen LogP contribution in [0.4, 0.5) is 0 Å². The summed E-state index contributed by atoms with van der Waals surface area (Å²) in [5.74, 6) is 0.708. The third kappa shape index (κ3) is 3.72. The van der Waals surface area contributed by atoms with Gasteiger partial charge in [0.05, 0.1) is 11.2 Å². The minimum atomic E-state index is -0.487. The van der Waals surface area contributed by atoms with Gasteiger partial charge in [-0.3, -0.25) is 9.89 Å². The van der Waals surface area contributed by atoms with Gasteiger partial charge in [0.2, 0.25) is 5.91 Å². The number of amides is 1. The highest BCUT2D eigenvalue weighted by atomic mass is 16.5. The molecule has 0 unspecified atom stereocenters. The third-order valence-electron chi connectivity index (χ3n) is 4.15. The predicted octanol–water partition coefficient (Wildman–Crippen LogP) is 4.62. The van der Waals surface area contributed by atoms with Crippen LogP contribution in [0, 0.1) is 0 Å². The fourth-order valence-corrected chi connectivity index (χ4v) is 2.80. The molecule has 27 heavy (non-hydrogen) atoms. The van der Waals surface area contributed by atoms with Crippen LogP contribution >= 0.6 is 0 Å². The number of rotatable bonds is 5. The van der Waals surface area contributed by atoms with Crippen LogP contribution in [0.1, 0.15) is 21.6 Å². The second kappa shape index (κ2) is 7.17. The number of nitrogens with one attached hydrogen (secondary N) is 1. The highest BCUT2D eigenvalue weighted by Crippen LogP contribution is 2.27. The molecule has 4 aromatic rings. The van der Waals surface area contributed by atoms with E-state index in [0.29, 0.717) is 17.1 Å². The van der Waals surface area contributed by atoms with E-state index < -0.39 is 5.91 Å². The third-order valence-corrected chi connectivity index (χ3v) is 4.15. The number of nitrogens with two attached hydrogens (primary N) is 1. The van der Waals surface area contributed by atoms with Crippen molar-refractivity contribution in [3.05, 3.63) is 89.6 Å². The van der Waals surface area contributed by atoms with E-state index in [4.69, 9.17) is 10.5 Å². The number of H-pyrrole nitrogens is 1. The molecule has 3 N–H and O–H groups in total. The summed E-state index contributed by atoms with van der Waals surface area (Å²) in [7, 11) is 0. The molecule has 0 radical (unpaired) electrons. The van der Waals surface area contributed by atoms with Crippen LogP contribution in [-0.2, 0) is 0 Å². The van der Waals surface area contributed by atoms with Crippen LogP contribution in [-0.4, -0.2) is 16.1 Å². The maximum absolute atomic E-state index is 11.3. The van der Waals surface area contributed by atoms with Gasteiger partial charge in [0.25, 0.3) is 0 Å². The lowest BCUT2D eigenvalue weighted by Crippen LogP contribution is -2.10. The standard InChI is InChI=1S/C22H17N3O2/c23-22(26)16-7-4-8-17(13-16)27-18-10-11-19-20(24-25-21(19)14-18)12-9-15-5-2-1-3-6-15/h1-14H,(H2,23,26)(H,24,25). The maximum atomic E-state index is 11.3. The fourth-order valence-electron chi connectivity index (χ4n) is 2.80. The van der Waals surface area contributed by atoms with Gasteiger partial charge in [-0.05, 0) is 42.0 Å². The van der Waals surface area contributed by atoms with Gasteiger partial charge in [0.1, 0.15) is 11.5 Å². The SMILES string of the molecule is NC(=O)c1cccc(Oc2ccc3c(C=Cc4ccccc4)n[nH]c3c2)c1. The molecule has 0 fully saturated rings. The van der Waals surface area contributed by atoms with Crippen molar-refractivity contribution in [3.63, 3.8) is 0 Å². The van der Waals surface area contributed by atoms with Crippen molar-refractivity contribution < 1.29 is 9.53 Å². The molecule has 1 amide bonds. The van der Waals surface area contributed by atoms with Crippen molar-refractivity contribution in [2.45, 2.75) is 0 Å². The molecule has 0 aliphatic carbocycles. The largest absolute Gasteiger partial charge is 0.457 e. The summed E-state index contributed by atoms with van der Waals surface area (Å²) in [4.78, 5) is 11.3. The minimum Gasteiger partial charge on any atom is -0.457 e. The lowest BCUT2D eigenvalue weighted by atomic mass is 10.1. The lowest BCUT2D eigenvalue weighted by Gasteiger charge is -2.06. The average Bonchev–Trinajstić information content (AvgIpc) is 3.09. The summed E-state index contributed by atoms with van der Waals surface area (Å²) < 4.78 is 5.84. The van der Waals surface area contributed by atoms with Crippen molar-refractivity contribution in [1.29, 1.82) is 0 Å². The van der Waals surface area contributed by atoms with E-state index >= 15 is 0 Å². The van der Waals surface area contributed by atoms with E-state index in [2.05, 4.69) is 10.2 Å². The Labute approximate surface area is 156 Å². The highest BCUT2D eigenvalue weighted by Gasteiger charge is 2.07. The van der Waals surface area contributed by atoms with E-state index in [1.54, 1.807) is 24.3 Å². The number of nitrogens with zero attached hydrogens (tertiary/aromatic N) is 1. The molecule has 1 heterocycles. The number of carbonyl (C=O) groups is 1. The zero-order valence-electron chi connectivity index (χ0n) is 14.4. The summed E-state index contributed by atoms with van der Waals surface area (Å²) in [5.41, 5.74) is 8.55. The quantitative estimate of drug-likeness (QED) is 0.548. The van der Waals surface area contributed by atoms with Gasteiger partial charge in [-0.15, -0.1) is 0 Å². The molecule has 5 heteroatoms. The lowest BCUT2D eigenvalue weighted by molar-refractivity contribution is 0.1000. The minimum absolute atomic E-state index is 0.406. The second-order valence-electron chi connectivity index (χ2n) is 6.05. The van der Waals surface area contributed by atoms with Gasteiger partial charge >= 0.3 is 0 Å². The summed E-state index contributed by atoms with van der Waals surface area (Å²) in [6, 6.07) is 22.5. The van der Waals surface area contributed by atoms with Crippen molar-refractivity contribution >= 4 is 29.0 Å². The Morgan fingerprint density at radius 1 is 0.926 bits per heavy atom. The molecule has 1 aromatic heterocycles. The first kappa shape index (κ1) is 16.6. The van der Waals surface area contributed by atoms with Crippen LogP contribution in [0.15, 0.2) is 72.8 Å². The van der Waals surface area contributed by atoms with Gasteiger partial charge in [0.15, 0.2) is 0 Å². The van der Waals surface area contributed by atoms with Crippen molar-refractivity contribution in [1.82, 2.24) is 10.2 Å². The summed E-state index contributed by atoms with van der Waals surface area (Å²) in [6.07, 6.45) is 4.00. The average molecular weight is 355 g/mol. The van der Waals surface area contributed by atoms with E-state index in [1.165, 1.54) is 0 Å². The molecule has 0 atom stereocenters. The number of hydrogen-bond acceptors (Lipinski definition) is 3. The number of fused-ring (bicyclic) bond motifs is 1. The van der Waals surface area contributed by atoms with E-state index in [-0.39, 0.29) is 0 Å². The Balaban J connectivity index is 1.58. The molecule has 5 nitrogen and oxygen atoms in total. The fraction of sp³-hybridized carbons (Fsp3) is 0. The molecule has 0 bridgehead atoms. The van der Waals surface area contributed by atoms with Gasteiger partial charge in [-0.2, -0.15) is 5.10 Å². The van der Waals surface area contributed by atoms with Gasteiger partial charge < -0.3 is 10.5 Å². The molecule has 0 saturated carbocycles. The van der Waals surface area contributed by atoms with Crippen LogP contribution in [0.5, 0.6) is 11.5 Å². The Morgan fingerprint density at radius 3 is 2.56 bits per heavy atom. The predicted molar refractivity (Wildman–Crippen MR) is 106 cm³/mol. The van der Waals surface area contributed by atoms with Crippen LogP contribution in [0.3, 0.4) is 0 Å². The molecule has 0 aliphatic heterocycles. The number of aromatic amines is 1. The van der Waals surface area contributed by atoms with E-state index in [0.717, 1.165) is 22.2 Å².